The summed E-state index contributed by atoms with van der Waals surface area (Å²) in [5.74, 6) is -0.481. The monoisotopic (exact) mass is 415 g/mol. The van der Waals surface area contributed by atoms with Crippen molar-refractivity contribution in [2.75, 3.05) is 23.3 Å². The minimum atomic E-state index is -4.06. The van der Waals surface area contributed by atoms with Crippen LogP contribution in [0, 0.1) is 5.82 Å². The Kier molecular flexibility index (Phi) is 6.08. The summed E-state index contributed by atoms with van der Waals surface area (Å²) in [7, 11) is -2.56. The van der Waals surface area contributed by atoms with Crippen molar-refractivity contribution in [2.24, 2.45) is 0 Å². The zero-order valence-electron chi connectivity index (χ0n) is 15.4. The molecule has 150 valence electrons. The number of rotatable bonds is 7. The maximum atomic E-state index is 13.1. The van der Waals surface area contributed by atoms with Gasteiger partial charge < -0.3 is 10.1 Å². The second-order valence-corrected chi connectivity index (χ2v) is 7.82. The van der Waals surface area contributed by atoms with Gasteiger partial charge in [-0.1, -0.05) is 0 Å². The summed E-state index contributed by atoms with van der Waals surface area (Å²) in [6.45, 7) is -0.485. The van der Waals surface area contributed by atoms with E-state index in [9.17, 15) is 17.6 Å². The number of carbonyl (C=O) groups is 1. The standard InChI is InChI=1S/C20H18FN3O4S/c1-28-18-10-8-17(9-11-18)24(29(26,27)19-3-2-12-22-13-19)14-20(25)23-16-6-4-15(21)5-7-16/h2-13H,14H2,1H3,(H,23,25). The first-order valence-corrected chi connectivity index (χ1v) is 9.96. The van der Waals surface area contributed by atoms with Crippen molar-refractivity contribution in [2.45, 2.75) is 4.90 Å². The van der Waals surface area contributed by atoms with Gasteiger partial charge in [-0.05, 0) is 60.7 Å². The molecule has 0 radical (unpaired) electrons. The minimum Gasteiger partial charge on any atom is -0.497 e. The number of amides is 1. The average molecular weight is 415 g/mol. The summed E-state index contributed by atoms with van der Waals surface area (Å²) in [5, 5.41) is 2.56. The number of halogens is 1. The largest absolute Gasteiger partial charge is 0.497 e. The topological polar surface area (TPSA) is 88.6 Å². The van der Waals surface area contributed by atoms with E-state index in [0.717, 1.165) is 4.31 Å². The van der Waals surface area contributed by atoms with Crippen molar-refractivity contribution < 1.29 is 22.3 Å². The van der Waals surface area contributed by atoms with Crippen LogP contribution in [0.1, 0.15) is 0 Å². The Morgan fingerprint density at radius 1 is 1.10 bits per heavy atom. The van der Waals surface area contributed by atoms with Crippen LogP contribution in [-0.4, -0.2) is 33.0 Å². The lowest BCUT2D eigenvalue weighted by molar-refractivity contribution is -0.114. The molecule has 0 saturated heterocycles. The Labute approximate surface area is 167 Å². The molecule has 0 bridgehead atoms. The fourth-order valence-corrected chi connectivity index (χ4v) is 3.94. The Morgan fingerprint density at radius 2 is 1.79 bits per heavy atom. The molecule has 0 aliphatic carbocycles. The molecular weight excluding hydrogens is 397 g/mol. The molecule has 0 spiro atoms. The third-order valence-electron chi connectivity index (χ3n) is 4.00. The Morgan fingerprint density at radius 3 is 2.38 bits per heavy atom. The molecule has 0 saturated carbocycles. The molecule has 0 aliphatic rings. The first kappa shape index (κ1) is 20.3. The molecule has 2 aromatic carbocycles. The molecule has 29 heavy (non-hydrogen) atoms. The highest BCUT2D eigenvalue weighted by molar-refractivity contribution is 7.92. The van der Waals surface area contributed by atoms with E-state index in [-0.39, 0.29) is 10.6 Å². The van der Waals surface area contributed by atoms with E-state index in [0.29, 0.717) is 11.4 Å². The zero-order chi connectivity index (χ0) is 20.9. The molecule has 1 amide bonds. The van der Waals surface area contributed by atoms with Gasteiger partial charge in [0.1, 0.15) is 23.0 Å². The van der Waals surface area contributed by atoms with Gasteiger partial charge in [-0.3, -0.25) is 14.1 Å². The van der Waals surface area contributed by atoms with Gasteiger partial charge in [-0.2, -0.15) is 0 Å². The van der Waals surface area contributed by atoms with E-state index >= 15 is 0 Å². The van der Waals surface area contributed by atoms with Gasteiger partial charge in [0, 0.05) is 18.1 Å². The number of nitrogens with zero attached hydrogens (tertiary/aromatic N) is 2. The third-order valence-corrected chi connectivity index (χ3v) is 5.76. The lowest BCUT2D eigenvalue weighted by Gasteiger charge is -2.24. The lowest BCUT2D eigenvalue weighted by atomic mass is 10.3. The molecule has 3 aromatic rings. The number of ether oxygens (including phenoxy) is 1. The smallest absolute Gasteiger partial charge is 0.266 e. The number of aromatic nitrogens is 1. The van der Waals surface area contributed by atoms with Gasteiger partial charge in [0.25, 0.3) is 10.0 Å². The van der Waals surface area contributed by atoms with Gasteiger partial charge in [-0.15, -0.1) is 0 Å². The van der Waals surface area contributed by atoms with Gasteiger partial charge in [0.2, 0.25) is 5.91 Å². The molecule has 0 fully saturated rings. The minimum absolute atomic E-state index is 0.0506. The van der Waals surface area contributed by atoms with E-state index in [1.165, 1.54) is 68.0 Å². The SMILES string of the molecule is COc1ccc(N(CC(=O)Nc2ccc(F)cc2)S(=O)(=O)c2cccnc2)cc1. The van der Waals surface area contributed by atoms with Crippen molar-refractivity contribution in [1.82, 2.24) is 4.98 Å². The predicted octanol–water partition coefficient (Wildman–Crippen LogP) is 3.06. The number of pyridine rings is 1. The number of benzene rings is 2. The molecule has 1 heterocycles. The number of anilines is 2. The molecule has 9 heteroatoms. The summed E-state index contributed by atoms with van der Waals surface area (Å²) in [6.07, 6.45) is 2.67. The number of hydrogen-bond donors (Lipinski definition) is 1. The Hall–Kier alpha value is -3.46. The molecule has 3 rings (SSSR count). The molecule has 0 aliphatic heterocycles. The summed E-state index contributed by atoms with van der Waals surface area (Å²) in [6, 6.07) is 14.3. The third kappa shape index (κ3) is 4.88. The fourth-order valence-electron chi connectivity index (χ4n) is 2.55. The van der Waals surface area contributed by atoms with E-state index in [2.05, 4.69) is 10.3 Å². The molecule has 1 N–H and O–H groups in total. The summed E-state index contributed by atoms with van der Waals surface area (Å²) in [5.41, 5.74) is 0.633. The van der Waals surface area contributed by atoms with E-state index in [1.807, 2.05) is 0 Å². The predicted molar refractivity (Wildman–Crippen MR) is 107 cm³/mol. The molecule has 0 unspecified atom stereocenters. The quantitative estimate of drug-likeness (QED) is 0.641. The molecule has 1 aromatic heterocycles. The first-order chi connectivity index (χ1) is 13.9. The second-order valence-electron chi connectivity index (χ2n) is 5.95. The van der Waals surface area contributed by atoms with Crippen molar-refractivity contribution in [3.8, 4) is 5.75 Å². The number of sulfonamides is 1. The number of carbonyl (C=O) groups excluding carboxylic acids is 1. The van der Waals surface area contributed by atoms with Crippen LogP contribution in [0.2, 0.25) is 0 Å². The maximum absolute atomic E-state index is 13.1. The highest BCUT2D eigenvalue weighted by Gasteiger charge is 2.27. The maximum Gasteiger partial charge on any atom is 0.266 e. The average Bonchev–Trinajstić information content (AvgIpc) is 2.74. The van der Waals surface area contributed by atoms with Crippen LogP contribution in [0.25, 0.3) is 0 Å². The highest BCUT2D eigenvalue weighted by Crippen LogP contribution is 2.25. The van der Waals surface area contributed by atoms with Crippen LogP contribution in [0.4, 0.5) is 15.8 Å². The summed E-state index contributed by atoms with van der Waals surface area (Å²) in [4.78, 5) is 16.3. The number of methoxy groups -OCH3 is 1. The second kappa shape index (κ2) is 8.70. The van der Waals surface area contributed by atoms with Crippen molar-refractivity contribution in [3.05, 3.63) is 78.9 Å². The van der Waals surface area contributed by atoms with Gasteiger partial charge in [0.05, 0.1) is 12.8 Å². The molecular formula is C20H18FN3O4S. The highest BCUT2D eigenvalue weighted by atomic mass is 32.2. The first-order valence-electron chi connectivity index (χ1n) is 8.52. The van der Waals surface area contributed by atoms with E-state index in [1.54, 1.807) is 12.1 Å². The molecule has 0 atom stereocenters. The van der Waals surface area contributed by atoms with Crippen LogP contribution >= 0.6 is 0 Å². The van der Waals surface area contributed by atoms with Crippen LogP contribution < -0.4 is 14.4 Å². The van der Waals surface area contributed by atoms with Gasteiger partial charge in [0.15, 0.2) is 0 Å². The van der Waals surface area contributed by atoms with Crippen molar-refractivity contribution in [3.63, 3.8) is 0 Å². The number of nitrogens with one attached hydrogen (secondary N) is 1. The zero-order valence-corrected chi connectivity index (χ0v) is 16.3. The van der Waals surface area contributed by atoms with Crippen molar-refractivity contribution >= 4 is 27.3 Å². The van der Waals surface area contributed by atoms with Crippen LogP contribution in [0.15, 0.2) is 78.0 Å². The van der Waals surface area contributed by atoms with Crippen LogP contribution in [-0.2, 0) is 14.8 Å². The van der Waals surface area contributed by atoms with Gasteiger partial charge in [-0.25, -0.2) is 12.8 Å². The van der Waals surface area contributed by atoms with Crippen molar-refractivity contribution in [1.29, 1.82) is 0 Å². The van der Waals surface area contributed by atoms with E-state index < -0.39 is 28.3 Å². The van der Waals surface area contributed by atoms with Gasteiger partial charge >= 0.3 is 0 Å². The van der Waals surface area contributed by atoms with Crippen LogP contribution in [0.3, 0.4) is 0 Å². The number of hydrogen-bond acceptors (Lipinski definition) is 5. The summed E-state index contributed by atoms with van der Waals surface area (Å²) < 4.78 is 45.4. The lowest BCUT2D eigenvalue weighted by Crippen LogP contribution is -2.38. The molecule has 7 nitrogen and oxygen atoms in total. The normalized spacial score (nSPS) is 11.0. The fraction of sp³-hybridized carbons (Fsp3) is 0.100. The Bertz CT molecular complexity index is 1070. The van der Waals surface area contributed by atoms with E-state index in [4.69, 9.17) is 4.74 Å². The summed E-state index contributed by atoms with van der Waals surface area (Å²) >= 11 is 0. The Balaban J connectivity index is 1.91. The van der Waals surface area contributed by atoms with Crippen LogP contribution in [0.5, 0.6) is 5.75 Å².